The van der Waals surface area contributed by atoms with Gasteiger partial charge in [-0.15, -0.1) is 0 Å². The Morgan fingerprint density at radius 3 is 3.13 bits per heavy atom. The van der Waals surface area contributed by atoms with E-state index >= 15 is 0 Å². The Kier molecular flexibility index (Phi) is 1.81. The van der Waals surface area contributed by atoms with E-state index in [0.29, 0.717) is 5.56 Å². The van der Waals surface area contributed by atoms with Gasteiger partial charge in [0, 0.05) is 12.1 Å². The smallest absolute Gasteiger partial charge is 0.340 e. The van der Waals surface area contributed by atoms with Crippen molar-refractivity contribution in [3.8, 4) is 0 Å². The van der Waals surface area contributed by atoms with E-state index in [1.165, 1.54) is 0 Å². The van der Waals surface area contributed by atoms with Gasteiger partial charge in [-0.25, -0.2) is 4.79 Å². The van der Waals surface area contributed by atoms with Gasteiger partial charge in [-0.1, -0.05) is 12.1 Å². The molecule has 78 valence electrons. The molecule has 1 N–H and O–H groups in total. The van der Waals surface area contributed by atoms with Crippen molar-refractivity contribution in [2.24, 2.45) is 0 Å². The van der Waals surface area contributed by atoms with E-state index < -0.39 is 0 Å². The molecule has 2 atom stereocenters. The number of esters is 1. The van der Waals surface area contributed by atoms with Crippen LogP contribution in [0.25, 0.3) is 0 Å². The van der Waals surface area contributed by atoms with Gasteiger partial charge in [-0.05, 0) is 18.7 Å². The average molecular weight is 205 g/mol. The summed E-state index contributed by atoms with van der Waals surface area (Å²) in [4.78, 5) is 11.6. The maximum absolute atomic E-state index is 11.6. The molecule has 2 aliphatic rings. The molecule has 1 aromatic rings. The van der Waals surface area contributed by atoms with Gasteiger partial charge < -0.3 is 14.8 Å². The molecule has 0 bridgehead atoms. The average Bonchev–Trinajstić information content (AvgIpc) is 2.98. The van der Waals surface area contributed by atoms with Crippen LogP contribution in [0, 0.1) is 0 Å². The molecule has 1 saturated heterocycles. The van der Waals surface area contributed by atoms with Crippen molar-refractivity contribution in [2.75, 3.05) is 7.05 Å². The third kappa shape index (κ3) is 1.33. The highest BCUT2D eigenvalue weighted by Crippen LogP contribution is 2.45. The van der Waals surface area contributed by atoms with Crippen LogP contribution in [0.1, 0.15) is 27.6 Å². The van der Waals surface area contributed by atoms with Crippen LogP contribution in [-0.4, -0.2) is 19.3 Å². The minimum absolute atomic E-state index is 0.0265. The number of epoxide rings is 1. The summed E-state index contributed by atoms with van der Waals surface area (Å²) in [7, 11) is 1.87. The largest absolute Gasteiger partial charge is 0.429 e. The number of ether oxygens (including phenoxy) is 2. The summed E-state index contributed by atoms with van der Waals surface area (Å²) in [5, 5.41) is 3.04. The lowest BCUT2D eigenvalue weighted by atomic mass is 10.00. The Labute approximate surface area is 87.2 Å². The molecule has 1 aromatic carbocycles. The normalized spacial score (nSPS) is 26.6. The van der Waals surface area contributed by atoms with Crippen molar-refractivity contribution in [1.29, 1.82) is 0 Å². The van der Waals surface area contributed by atoms with Crippen LogP contribution in [0.2, 0.25) is 0 Å². The maximum atomic E-state index is 11.6. The molecule has 0 aromatic heterocycles. The molecule has 4 nitrogen and oxygen atoms in total. The quantitative estimate of drug-likeness (QED) is 0.577. The summed E-state index contributed by atoms with van der Waals surface area (Å²) >= 11 is 0. The molecule has 2 aliphatic heterocycles. The molecular weight excluding hydrogens is 194 g/mol. The summed E-state index contributed by atoms with van der Waals surface area (Å²) in [5.74, 6) is -0.276. The first-order valence-corrected chi connectivity index (χ1v) is 4.93. The third-order valence-corrected chi connectivity index (χ3v) is 2.70. The minimum atomic E-state index is -0.333. The zero-order chi connectivity index (χ0) is 10.4. The number of rotatable bonds is 2. The van der Waals surface area contributed by atoms with Crippen molar-refractivity contribution in [3.63, 3.8) is 0 Å². The zero-order valence-electron chi connectivity index (χ0n) is 8.32. The Bertz CT molecular complexity index is 430. The predicted octanol–water partition coefficient (Wildman–Crippen LogP) is 0.974. The second-order valence-corrected chi connectivity index (χ2v) is 3.78. The van der Waals surface area contributed by atoms with Gasteiger partial charge in [0.05, 0.1) is 5.56 Å². The summed E-state index contributed by atoms with van der Waals surface area (Å²) < 4.78 is 10.3. The first-order valence-electron chi connectivity index (χ1n) is 4.93. The molecule has 15 heavy (non-hydrogen) atoms. The van der Waals surface area contributed by atoms with Gasteiger partial charge in [0.2, 0.25) is 6.29 Å². The van der Waals surface area contributed by atoms with Crippen molar-refractivity contribution >= 4 is 5.97 Å². The minimum Gasteiger partial charge on any atom is -0.429 e. The second-order valence-electron chi connectivity index (χ2n) is 3.78. The first kappa shape index (κ1) is 8.88. The van der Waals surface area contributed by atoms with E-state index in [9.17, 15) is 4.79 Å². The van der Waals surface area contributed by atoms with Gasteiger partial charge >= 0.3 is 5.97 Å². The van der Waals surface area contributed by atoms with Crippen molar-refractivity contribution in [1.82, 2.24) is 5.32 Å². The fraction of sp³-hybridized carbons (Fsp3) is 0.364. The molecule has 3 rings (SSSR count). The number of benzene rings is 1. The second kappa shape index (κ2) is 3.05. The molecule has 2 unspecified atom stereocenters. The topological polar surface area (TPSA) is 50.9 Å². The van der Waals surface area contributed by atoms with Gasteiger partial charge in [0.15, 0.2) is 6.10 Å². The van der Waals surface area contributed by atoms with Gasteiger partial charge in [-0.2, -0.15) is 0 Å². The number of carbonyl (C=O) groups excluding carboxylic acids is 1. The molecule has 0 aliphatic carbocycles. The maximum Gasteiger partial charge on any atom is 0.340 e. The monoisotopic (exact) mass is 205 g/mol. The molecule has 0 spiro atoms. The lowest BCUT2D eigenvalue weighted by Gasteiger charge is -2.12. The highest BCUT2D eigenvalue weighted by molar-refractivity contribution is 5.93. The highest BCUT2D eigenvalue weighted by Gasteiger charge is 2.49. The summed E-state index contributed by atoms with van der Waals surface area (Å²) in [6, 6.07) is 5.83. The lowest BCUT2D eigenvalue weighted by molar-refractivity contribution is 0.0291. The van der Waals surface area contributed by atoms with Gasteiger partial charge in [0.1, 0.15) is 0 Å². The van der Waals surface area contributed by atoms with Crippen LogP contribution in [0.3, 0.4) is 0 Å². The van der Waals surface area contributed by atoms with E-state index in [1.54, 1.807) is 0 Å². The van der Waals surface area contributed by atoms with E-state index in [-0.39, 0.29) is 18.4 Å². The van der Waals surface area contributed by atoms with E-state index in [2.05, 4.69) is 5.32 Å². The molecule has 0 saturated carbocycles. The van der Waals surface area contributed by atoms with Crippen molar-refractivity contribution < 1.29 is 14.3 Å². The Balaban J connectivity index is 2.02. The van der Waals surface area contributed by atoms with Crippen LogP contribution in [0.4, 0.5) is 0 Å². The molecule has 1 fully saturated rings. The van der Waals surface area contributed by atoms with Crippen molar-refractivity contribution in [3.05, 3.63) is 34.9 Å². The van der Waals surface area contributed by atoms with Gasteiger partial charge in [0.25, 0.3) is 0 Å². The fourth-order valence-corrected chi connectivity index (χ4v) is 1.92. The standard InChI is InChI=1S/C11H11NO3/c1-12-5-6-2-3-7-8(4-6)10(13)15-11-9(7)14-11/h2-4,9,11-12H,5H2,1H3. The number of fused-ring (bicyclic) bond motifs is 3. The van der Waals surface area contributed by atoms with E-state index in [4.69, 9.17) is 9.47 Å². The Morgan fingerprint density at radius 2 is 2.33 bits per heavy atom. The molecule has 0 amide bonds. The lowest BCUT2D eigenvalue weighted by Crippen LogP contribution is -2.17. The molecule has 4 heteroatoms. The molecule has 0 radical (unpaired) electrons. The van der Waals surface area contributed by atoms with Crippen LogP contribution in [0.15, 0.2) is 18.2 Å². The zero-order valence-corrected chi connectivity index (χ0v) is 8.32. The Hall–Kier alpha value is -1.39. The number of nitrogens with one attached hydrogen (secondary N) is 1. The van der Waals surface area contributed by atoms with Crippen LogP contribution in [0.5, 0.6) is 0 Å². The molecular formula is C11H11NO3. The van der Waals surface area contributed by atoms with E-state index in [0.717, 1.165) is 17.7 Å². The predicted molar refractivity (Wildman–Crippen MR) is 52.2 cm³/mol. The SMILES string of the molecule is CNCc1ccc2c(c1)C(=O)OC1OC21. The fourth-order valence-electron chi connectivity index (χ4n) is 1.92. The number of hydrogen-bond acceptors (Lipinski definition) is 4. The molecule has 2 heterocycles. The summed E-state index contributed by atoms with van der Waals surface area (Å²) in [6.07, 6.45) is -0.360. The van der Waals surface area contributed by atoms with Crippen molar-refractivity contribution in [2.45, 2.75) is 18.9 Å². The Morgan fingerprint density at radius 1 is 1.47 bits per heavy atom. The van der Waals surface area contributed by atoms with E-state index in [1.807, 2.05) is 25.2 Å². The number of carbonyl (C=O) groups is 1. The van der Waals surface area contributed by atoms with Crippen LogP contribution < -0.4 is 5.32 Å². The highest BCUT2D eigenvalue weighted by atomic mass is 16.8. The third-order valence-electron chi connectivity index (χ3n) is 2.70. The number of hydrogen-bond donors (Lipinski definition) is 1. The van der Waals surface area contributed by atoms with Crippen LogP contribution >= 0.6 is 0 Å². The van der Waals surface area contributed by atoms with Gasteiger partial charge in [-0.3, -0.25) is 0 Å². The first-order chi connectivity index (χ1) is 7.29. The summed E-state index contributed by atoms with van der Waals surface area (Å²) in [6.45, 7) is 0.746. The van der Waals surface area contributed by atoms with Crippen LogP contribution in [-0.2, 0) is 16.0 Å². The summed E-state index contributed by atoms with van der Waals surface area (Å²) in [5.41, 5.74) is 2.67.